The maximum absolute atomic E-state index is 11.8. The number of halogens is 1. The van der Waals surface area contributed by atoms with Crippen molar-refractivity contribution in [1.82, 2.24) is 10.6 Å². The van der Waals surface area contributed by atoms with Crippen LogP contribution in [0.1, 0.15) is 17.5 Å². The molecule has 132 valence electrons. The Hall–Kier alpha value is -2.24. The number of rotatable bonds is 8. The van der Waals surface area contributed by atoms with Crippen LogP contribution < -0.4 is 20.1 Å². The minimum Gasteiger partial charge on any atom is -0.454 e. The second-order valence-electron chi connectivity index (χ2n) is 5.84. The van der Waals surface area contributed by atoms with Gasteiger partial charge in [-0.3, -0.25) is 4.79 Å². The van der Waals surface area contributed by atoms with E-state index < -0.39 is 0 Å². The highest BCUT2D eigenvalue weighted by Crippen LogP contribution is 2.32. The fourth-order valence-corrected chi connectivity index (χ4v) is 2.70. The monoisotopic (exact) mass is 360 g/mol. The number of hydrogen-bond donors (Lipinski definition) is 2. The molecule has 0 unspecified atom stereocenters. The molecule has 1 heterocycles. The third kappa shape index (κ3) is 5.37. The van der Waals surface area contributed by atoms with Gasteiger partial charge in [0.2, 0.25) is 12.7 Å². The van der Waals surface area contributed by atoms with Crippen molar-refractivity contribution >= 4 is 17.5 Å². The standard InChI is InChI=1S/C19H21ClN2O3/c20-16-4-1-14(2-5-16)7-10-22-19(23)8-9-21-12-15-3-6-17-18(11-15)25-13-24-17/h1-6,11,21H,7-10,12-13H2,(H,22,23). The molecular weight excluding hydrogens is 340 g/mol. The molecule has 1 aliphatic heterocycles. The number of nitrogens with one attached hydrogen (secondary N) is 2. The molecule has 0 aliphatic carbocycles. The van der Waals surface area contributed by atoms with E-state index >= 15 is 0 Å². The average molecular weight is 361 g/mol. The van der Waals surface area contributed by atoms with Crippen LogP contribution in [-0.4, -0.2) is 25.8 Å². The predicted octanol–water partition coefficient (Wildman–Crippen LogP) is 2.91. The molecule has 1 amide bonds. The maximum atomic E-state index is 11.8. The summed E-state index contributed by atoms with van der Waals surface area (Å²) in [7, 11) is 0. The van der Waals surface area contributed by atoms with Gasteiger partial charge in [-0.1, -0.05) is 29.8 Å². The third-order valence-electron chi connectivity index (χ3n) is 3.94. The van der Waals surface area contributed by atoms with Crippen LogP contribution in [0.2, 0.25) is 5.02 Å². The summed E-state index contributed by atoms with van der Waals surface area (Å²) in [5.74, 6) is 1.61. The topological polar surface area (TPSA) is 59.6 Å². The average Bonchev–Trinajstić information content (AvgIpc) is 3.08. The van der Waals surface area contributed by atoms with Gasteiger partial charge < -0.3 is 20.1 Å². The van der Waals surface area contributed by atoms with Gasteiger partial charge in [0.25, 0.3) is 0 Å². The fraction of sp³-hybridized carbons (Fsp3) is 0.316. The van der Waals surface area contributed by atoms with Gasteiger partial charge in [0.1, 0.15) is 0 Å². The molecule has 0 aromatic heterocycles. The summed E-state index contributed by atoms with van der Waals surface area (Å²) in [6, 6.07) is 13.5. The molecule has 6 heteroatoms. The second-order valence-corrected chi connectivity index (χ2v) is 6.28. The van der Waals surface area contributed by atoms with E-state index in [4.69, 9.17) is 21.1 Å². The zero-order valence-corrected chi connectivity index (χ0v) is 14.6. The van der Waals surface area contributed by atoms with Crippen LogP contribution in [0.15, 0.2) is 42.5 Å². The SMILES string of the molecule is O=C(CCNCc1ccc2c(c1)OCO2)NCCc1ccc(Cl)cc1. The Morgan fingerprint density at radius 1 is 1.00 bits per heavy atom. The Morgan fingerprint density at radius 2 is 1.76 bits per heavy atom. The number of carbonyl (C=O) groups excluding carboxylic acids is 1. The van der Waals surface area contributed by atoms with Gasteiger partial charge in [-0.05, 0) is 41.8 Å². The van der Waals surface area contributed by atoms with Gasteiger partial charge in [-0.15, -0.1) is 0 Å². The Bertz CT molecular complexity index is 719. The molecule has 0 spiro atoms. The first-order valence-electron chi connectivity index (χ1n) is 8.31. The van der Waals surface area contributed by atoms with Crippen molar-refractivity contribution in [1.29, 1.82) is 0 Å². The number of benzene rings is 2. The predicted molar refractivity (Wildman–Crippen MR) is 97.1 cm³/mol. The summed E-state index contributed by atoms with van der Waals surface area (Å²) >= 11 is 5.85. The molecule has 3 rings (SSSR count). The van der Waals surface area contributed by atoms with Crippen LogP contribution in [0.25, 0.3) is 0 Å². The quantitative estimate of drug-likeness (QED) is 0.711. The van der Waals surface area contributed by atoms with E-state index in [9.17, 15) is 4.79 Å². The first-order chi connectivity index (χ1) is 12.2. The molecule has 1 aliphatic rings. The Labute approximate surface area is 152 Å². The molecule has 0 bridgehead atoms. The summed E-state index contributed by atoms with van der Waals surface area (Å²) in [5, 5.41) is 6.92. The van der Waals surface area contributed by atoms with Crippen LogP contribution in [0.4, 0.5) is 0 Å². The summed E-state index contributed by atoms with van der Waals surface area (Å²) in [4.78, 5) is 11.8. The van der Waals surface area contributed by atoms with Crippen LogP contribution in [0.3, 0.4) is 0 Å². The van der Waals surface area contributed by atoms with Crippen molar-refractivity contribution in [2.45, 2.75) is 19.4 Å². The zero-order chi connectivity index (χ0) is 17.5. The smallest absolute Gasteiger partial charge is 0.231 e. The van der Waals surface area contributed by atoms with E-state index in [1.165, 1.54) is 0 Å². The molecule has 0 saturated heterocycles. The maximum Gasteiger partial charge on any atom is 0.231 e. The van der Waals surface area contributed by atoms with E-state index in [2.05, 4.69) is 10.6 Å². The molecule has 2 N–H and O–H groups in total. The van der Waals surface area contributed by atoms with Gasteiger partial charge in [0.05, 0.1) is 0 Å². The fourth-order valence-electron chi connectivity index (χ4n) is 2.57. The van der Waals surface area contributed by atoms with Crippen LogP contribution in [0.5, 0.6) is 11.5 Å². The highest BCUT2D eigenvalue weighted by molar-refractivity contribution is 6.30. The first kappa shape index (κ1) is 17.6. The van der Waals surface area contributed by atoms with Crippen molar-refractivity contribution in [3.05, 3.63) is 58.6 Å². The lowest BCUT2D eigenvalue weighted by molar-refractivity contribution is -0.120. The van der Waals surface area contributed by atoms with E-state index in [0.29, 0.717) is 26.1 Å². The Balaban J connectivity index is 1.29. The van der Waals surface area contributed by atoms with Gasteiger partial charge in [-0.2, -0.15) is 0 Å². The molecule has 0 radical (unpaired) electrons. The largest absolute Gasteiger partial charge is 0.454 e. The van der Waals surface area contributed by atoms with Crippen LogP contribution >= 0.6 is 11.6 Å². The lowest BCUT2D eigenvalue weighted by atomic mass is 10.1. The van der Waals surface area contributed by atoms with Crippen molar-refractivity contribution < 1.29 is 14.3 Å². The van der Waals surface area contributed by atoms with Crippen molar-refractivity contribution in [2.75, 3.05) is 19.9 Å². The molecule has 0 atom stereocenters. The van der Waals surface area contributed by atoms with Gasteiger partial charge in [0, 0.05) is 31.1 Å². The minimum absolute atomic E-state index is 0.0483. The summed E-state index contributed by atoms with van der Waals surface area (Å²) in [6.45, 7) is 2.22. The molecule has 5 nitrogen and oxygen atoms in total. The van der Waals surface area contributed by atoms with E-state index in [-0.39, 0.29) is 12.7 Å². The van der Waals surface area contributed by atoms with E-state index in [0.717, 1.165) is 34.1 Å². The van der Waals surface area contributed by atoms with E-state index in [1.54, 1.807) is 0 Å². The highest BCUT2D eigenvalue weighted by Gasteiger charge is 2.12. The Morgan fingerprint density at radius 3 is 2.60 bits per heavy atom. The number of ether oxygens (including phenoxy) is 2. The number of fused-ring (bicyclic) bond motifs is 1. The summed E-state index contributed by atoms with van der Waals surface area (Å²) in [5.41, 5.74) is 2.26. The van der Waals surface area contributed by atoms with Crippen molar-refractivity contribution in [2.24, 2.45) is 0 Å². The molecule has 2 aromatic rings. The third-order valence-corrected chi connectivity index (χ3v) is 4.20. The number of amides is 1. The summed E-state index contributed by atoms with van der Waals surface area (Å²) in [6.07, 6.45) is 1.25. The number of carbonyl (C=O) groups is 1. The van der Waals surface area contributed by atoms with Crippen LogP contribution in [-0.2, 0) is 17.8 Å². The molecule has 25 heavy (non-hydrogen) atoms. The first-order valence-corrected chi connectivity index (χ1v) is 8.69. The van der Waals surface area contributed by atoms with Gasteiger partial charge in [0.15, 0.2) is 11.5 Å². The Kier molecular flexibility index (Phi) is 6.14. The van der Waals surface area contributed by atoms with Crippen LogP contribution in [0, 0.1) is 0 Å². The van der Waals surface area contributed by atoms with Gasteiger partial charge >= 0.3 is 0 Å². The molecule has 0 fully saturated rings. The highest BCUT2D eigenvalue weighted by atomic mass is 35.5. The number of hydrogen-bond acceptors (Lipinski definition) is 4. The summed E-state index contributed by atoms with van der Waals surface area (Å²) < 4.78 is 10.6. The van der Waals surface area contributed by atoms with Gasteiger partial charge in [-0.25, -0.2) is 0 Å². The normalized spacial score (nSPS) is 12.2. The molecular formula is C19H21ClN2O3. The molecule has 2 aromatic carbocycles. The van der Waals surface area contributed by atoms with Crippen molar-refractivity contribution in [3.63, 3.8) is 0 Å². The zero-order valence-electron chi connectivity index (χ0n) is 13.9. The van der Waals surface area contributed by atoms with E-state index in [1.807, 2.05) is 42.5 Å². The lowest BCUT2D eigenvalue weighted by Crippen LogP contribution is -2.29. The lowest BCUT2D eigenvalue weighted by Gasteiger charge is -2.07. The second kappa shape index (κ2) is 8.74. The minimum atomic E-state index is 0.0483. The van der Waals surface area contributed by atoms with Crippen molar-refractivity contribution in [3.8, 4) is 11.5 Å². The molecule has 0 saturated carbocycles.